The van der Waals surface area contributed by atoms with Crippen LogP contribution in [0.5, 0.6) is 0 Å². The lowest BCUT2D eigenvalue weighted by molar-refractivity contribution is 0.593. The van der Waals surface area contributed by atoms with Gasteiger partial charge in [0, 0.05) is 0 Å². The summed E-state index contributed by atoms with van der Waals surface area (Å²) in [5.74, 6) is 0. The first-order valence-electron chi connectivity index (χ1n) is 9.47. The summed E-state index contributed by atoms with van der Waals surface area (Å²) in [4.78, 5) is 0. The van der Waals surface area contributed by atoms with Gasteiger partial charge in [-0.1, -0.05) is 86.5 Å². The molecule has 0 nitrogen and oxygen atoms in total. The molecule has 0 bridgehead atoms. The Morgan fingerprint density at radius 3 is 1.19 bits per heavy atom. The lowest BCUT2D eigenvalue weighted by Crippen LogP contribution is -2.16. The van der Waals surface area contributed by atoms with Crippen molar-refractivity contribution in [1.82, 2.24) is 0 Å². The molecule has 0 aliphatic rings. The smallest absolute Gasteiger partial charge is 0.0111 e. The average Bonchev–Trinajstić information content (AvgIpc) is 2.56. The van der Waals surface area contributed by atoms with E-state index < -0.39 is 0 Å². The third-order valence-corrected chi connectivity index (χ3v) is 5.15. The Hall–Kier alpha value is -2.34. The molecule has 0 aromatic heterocycles. The highest BCUT2D eigenvalue weighted by atomic mass is 14.3. The summed E-state index contributed by atoms with van der Waals surface area (Å²) in [6, 6.07) is 20.3. The lowest BCUT2D eigenvalue weighted by Gasteiger charge is -2.30. The van der Waals surface area contributed by atoms with Gasteiger partial charge < -0.3 is 0 Å². The van der Waals surface area contributed by atoms with Gasteiger partial charge in [0.05, 0.1) is 0 Å². The summed E-state index contributed by atoms with van der Waals surface area (Å²) in [5.41, 5.74) is 12.2. The minimum absolute atomic E-state index is 0.0528. The monoisotopic (exact) mass is 342 g/mol. The van der Waals surface area contributed by atoms with E-state index in [4.69, 9.17) is 0 Å². The van der Waals surface area contributed by atoms with Crippen molar-refractivity contribution in [3.8, 4) is 22.3 Å². The van der Waals surface area contributed by atoms with Gasteiger partial charge >= 0.3 is 0 Å². The van der Waals surface area contributed by atoms with Gasteiger partial charge in [-0.25, -0.2) is 0 Å². The standard InChI is InChI=1S/C26H30/c1-17-8-12-21(13-9-17)23-19(3)16-20(4)24(25(23)26(5,6)7)22-14-10-18(2)11-15-22/h8-16H,1-7H3. The van der Waals surface area contributed by atoms with Gasteiger partial charge in [-0.2, -0.15) is 0 Å². The molecule has 0 amide bonds. The van der Waals surface area contributed by atoms with Crippen LogP contribution in [0.2, 0.25) is 0 Å². The van der Waals surface area contributed by atoms with E-state index >= 15 is 0 Å². The summed E-state index contributed by atoms with van der Waals surface area (Å²) in [6.07, 6.45) is 0. The molecule has 0 aliphatic carbocycles. The van der Waals surface area contributed by atoms with Crippen LogP contribution in [0.15, 0.2) is 54.6 Å². The van der Waals surface area contributed by atoms with Gasteiger partial charge in [-0.3, -0.25) is 0 Å². The molecule has 3 aromatic rings. The van der Waals surface area contributed by atoms with Gasteiger partial charge in [-0.15, -0.1) is 0 Å². The van der Waals surface area contributed by atoms with Crippen molar-refractivity contribution in [2.24, 2.45) is 0 Å². The molecule has 0 unspecified atom stereocenters. The fraction of sp³-hybridized carbons (Fsp3) is 0.308. The van der Waals surface area contributed by atoms with Gasteiger partial charge in [0.25, 0.3) is 0 Å². The van der Waals surface area contributed by atoms with Crippen LogP contribution in [0.4, 0.5) is 0 Å². The number of rotatable bonds is 2. The van der Waals surface area contributed by atoms with Crippen molar-refractivity contribution >= 4 is 0 Å². The van der Waals surface area contributed by atoms with E-state index in [-0.39, 0.29) is 5.41 Å². The number of hydrogen-bond donors (Lipinski definition) is 0. The Bertz CT molecular complexity index is 848. The molecular weight excluding hydrogens is 312 g/mol. The fourth-order valence-electron chi connectivity index (χ4n) is 3.92. The number of hydrogen-bond acceptors (Lipinski definition) is 0. The van der Waals surface area contributed by atoms with Gasteiger partial charge in [0.2, 0.25) is 0 Å². The van der Waals surface area contributed by atoms with Crippen molar-refractivity contribution in [2.75, 3.05) is 0 Å². The SMILES string of the molecule is Cc1ccc(-c2c(C)cc(C)c(-c3ccc(C)cc3)c2C(C)(C)C)cc1. The third-order valence-electron chi connectivity index (χ3n) is 5.15. The number of aryl methyl sites for hydroxylation is 4. The maximum absolute atomic E-state index is 2.35. The first-order chi connectivity index (χ1) is 12.2. The van der Waals surface area contributed by atoms with Crippen molar-refractivity contribution < 1.29 is 0 Å². The zero-order valence-corrected chi connectivity index (χ0v) is 17.2. The predicted molar refractivity (Wildman–Crippen MR) is 115 cm³/mol. The highest BCUT2D eigenvalue weighted by Gasteiger charge is 2.26. The molecule has 0 aliphatic heterocycles. The lowest BCUT2D eigenvalue weighted by atomic mass is 9.74. The molecule has 0 spiro atoms. The molecule has 3 aromatic carbocycles. The second-order valence-corrected chi connectivity index (χ2v) is 8.62. The molecule has 134 valence electrons. The van der Waals surface area contributed by atoms with Crippen LogP contribution in [0, 0.1) is 27.7 Å². The first-order valence-corrected chi connectivity index (χ1v) is 9.47. The average molecular weight is 343 g/mol. The molecular formula is C26H30. The van der Waals surface area contributed by atoms with Crippen LogP contribution in [0.3, 0.4) is 0 Å². The maximum Gasteiger partial charge on any atom is -0.0111 e. The van der Waals surface area contributed by atoms with Gasteiger partial charge in [0.1, 0.15) is 0 Å². The minimum Gasteiger partial charge on any atom is -0.0587 e. The first kappa shape index (κ1) is 18.5. The summed E-state index contributed by atoms with van der Waals surface area (Å²) in [7, 11) is 0. The highest BCUT2D eigenvalue weighted by Crippen LogP contribution is 2.43. The summed E-state index contributed by atoms with van der Waals surface area (Å²) >= 11 is 0. The second kappa shape index (κ2) is 6.76. The predicted octanol–water partition coefficient (Wildman–Crippen LogP) is 7.55. The molecule has 3 rings (SSSR count). The molecule has 0 heterocycles. The molecule has 0 N–H and O–H groups in total. The van der Waals surface area contributed by atoms with Crippen molar-refractivity contribution in [3.05, 3.63) is 82.4 Å². The fourth-order valence-corrected chi connectivity index (χ4v) is 3.92. The quantitative estimate of drug-likeness (QED) is 0.451. The Kier molecular flexibility index (Phi) is 4.80. The number of benzene rings is 3. The zero-order valence-electron chi connectivity index (χ0n) is 17.2. The van der Waals surface area contributed by atoms with Crippen molar-refractivity contribution in [1.29, 1.82) is 0 Å². The van der Waals surface area contributed by atoms with Crippen molar-refractivity contribution in [2.45, 2.75) is 53.9 Å². The van der Waals surface area contributed by atoms with Crippen LogP contribution in [0.25, 0.3) is 22.3 Å². The van der Waals surface area contributed by atoms with E-state index in [1.165, 1.54) is 50.1 Å². The van der Waals surface area contributed by atoms with Gasteiger partial charge in [-0.05, 0) is 72.1 Å². The molecule has 0 saturated heterocycles. The van der Waals surface area contributed by atoms with Crippen molar-refractivity contribution in [3.63, 3.8) is 0 Å². The Morgan fingerprint density at radius 2 is 0.885 bits per heavy atom. The van der Waals surface area contributed by atoms with Crippen LogP contribution < -0.4 is 0 Å². The Balaban J connectivity index is 2.39. The maximum atomic E-state index is 2.35. The largest absolute Gasteiger partial charge is 0.0587 e. The summed E-state index contributed by atoms with van der Waals surface area (Å²) < 4.78 is 0. The van der Waals surface area contributed by atoms with E-state index in [9.17, 15) is 0 Å². The topological polar surface area (TPSA) is 0 Å². The second-order valence-electron chi connectivity index (χ2n) is 8.62. The third kappa shape index (κ3) is 3.46. The summed E-state index contributed by atoms with van der Waals surface area (Å²) in [6.45, 7) is 15.8. The van der Waals surface area contributed by atoms with E-state index in [1.54, 1.807) is 0 Å². The highest BCUT2D eigenvalue weighted by molar-refractivity contribution is 5.84. The van der Waals surface area contributed by atoms with Crippen LogP contribution in [-0.2, 0) is 5.41 Å². The molecule has 0 atom stereocenters. The van der Waals surface area contributed by atoms with E-state index in [1.807, 2.05) is 0 Å². The van der Waals surface area contributed by atoms with Gasteiger partial charge in [0.15, 0.2) is 0 Å². The zero-order chi connectivity index (χ0) is 19.1. The molecule has 26 heavy (non-hydrogen) atoms. The van der Waals surface area contributed by atoms with Crippen LogP contribution >= 0.6 is 0 Å². The van der Waals surface area contributed by atoms with Crippen LogP contribution in [0.1, 0.15) is 48.6 Å². The van der Waals surface area contributed by atoms with E-state index in [0.717, 1.165) is 0 Å². The molecule has 0 radical (unpaired) electrons. The minimum atomic E-state index is 0.0528. The summed E-state index contributed by atoms with van der Waals surface area (Å²) in [5, 5.41) is 0. The molecule has 0 fully saturated rings. The Labute approximate surface area is 158 Å². The normalized spacial score (nSPS) is 11.7. The van der Waals surface area contributed by atoms with Crippen LogP contribution in [-0.4, -0.2) is 0 Å². The molecule has 0 heteroatoms. The van der Waals surface area contributed by atoms with E-state index in [2.05, 4.69) is 103 Å². The Morgan fingerprint density at radius 1 is 0.538 bits per heavy atom. The van der Waals surface area contributed by atoms with E-state index in [0.29, 0.717) is 0 Å². The molecule has 0 saturated carbocycles.